The molecule has 1 aliphatic rings. The number of carbonyl (C=O) groups excluding carboxylic acids is 1. The first-order chi connectivity index (χ1) is 12.6. The first kappa shape index (κ1) is 19.5. The number of aromatic nitrogens is 1. The maximum absolute atomic E-state index is 12.8. The van der Waals surface area contributed by atoms with Gasteiger partial charge in [-0.15, -0.1) is 11.3 Å². The summed E-state index contributed by atoms with van der Waals surface area (Å²) in [5.41, 5.74) is 0. The summed E-state index contributed by atoms with van der Waals surface area (Å²) >= 11 is 13.5. The highest BCUT2D eigenvalue weighted by atomic mass is 35.5. The van der Waals surface area contributed by atoms with Crippen LogP contribution < -0.4 is 10.1 Å². The van der Waals surface area contributed by atoms with E-state index < -0.39 is 6.10 Å². The number of anilines is 1. The van der Waals surface area contributed by atoms with E-state index in [0.29, 0.717) is 33.3 Å². The number of thiazole rings is 1. The monoisotopic (exact) mass is 412 g/mol. The molecule has 1 amide bonds. The van der Waals surface area contributed by atoms with Gasteiger partial charge in [0, 0.05) is 17.6 Å². The third-order valence-corrected chi connectivity index (χ3v) is 6.07. The van der Waals surface area contributed by atoms with E-state index in [1.54, 1.807) is 24.4 Å². The van der Waals surface area contributed by atoms with Crippen molar-refractivity contribution in [2.45, 2.75) is 51.0 Å². The Hall–Kier alpha value is -1.30. The minimum absolute atomic E-state index is 0.171. The number of ether oxygens (including phenoxy) is 1. The number of halogens is 2. The summed E-state index contributed by atoms with van der Waals surface area (Å²) in [6, 6.07) is 5.08. The summed E-state index contributed by atoms with van der Waals surface area (Å²) in [6.07, 6.45) is 9.06. The van der Waals surface area contributed by atoms with E-state index in [-0.39, 0.29) is 5.91 Å². The molecule has 1 aliphatic carbocycles. The fourth-order valence-electron chi connectivity index (χ4n) is 3.30. The second kappa shape index (κ2) is 9.58. The van der Waals surface area contributed by atoms with E-state index in [9.17, 15) is 4.79 Å². The summed E-state index contributed by atoms with van der Waals surface area (Å²) in [4.78, 5) is 16.9. The van der Waals surface area contributed by atoms with Crippen LogP contribution in [0.25, 0.3) is 0 Å². The van der Waals surface area contributed by atoms with Crippen molar-refractivity contribution in [1.29, 1.82) is 0 Å². The Morgan fingerprint density at radius 1 is 1.23 bits per heavy atom. The highest BCUT2D eigenvalue weighted by Gasteiger charge is 2.26. The zero-order valence-corrected chi connectivity index (χ0v) is 16.7. The van der Waals surface area contributed by atoms with Crippen molar-refractivity contribution in [3.05, 3.63) is 39.8 Å². The van der Waals surface area contributed by atoms with Gasteiger partial charge in [0.25, 0.3) is 5.91 Å². The minimum Gasteiger partial charge on any atom is -0.481 e. The highest BCUT2D eigenvalue weighted by Crippen LogP contribution is 2.31. The Morgan fingerprint density at radius 2 is 2.00 bits per heavy atom. The first-order valence-corrected chi connectivity index (χ1v) is 10.6. The number of carbonyl (C=O) groups is 1. The molecule has 0 saturated heterocycles. The maximum Gasteiger partial charge on any atom is 0.267 e. The number of rotatable bonds is 6. The summed E-state index contributed by atoms with van der Waals surface area (Å²) < 4.78 is 6.03. The van der Waals surface area contributed by atoms with Crippen molar-refractivity contribution in [3.8, 4) is 5.75 Å². The van der Waals surface area contributed by atoms with Crippen molar-refractivity contribution in [2.24, 2.45) is 5.92 Å². The fourth-order valence-corrected chi connectivity index (χ4v) is 4.12. The van der Waals surface area contributed by atoms with Crippen molar-refractivity contribution in [2.75, 3.05) is 5.32 Å². The topological polar surface area (TPSA) is 51.2 Å². The summed E-state index contributed by atoms with van der Waals surface area (Å²) in [6.45, 7) is 0. The molecule has 1 atom stereocenters. The van der Waals surface area contributed by atoms with Gasteiger partial charge in [0.1, 0.15) is 5.75 Å². The van der Waals surface area contributed by atoms with Crippen molar-refractivity contribution >= 4 is 45.6 Å². The summed E-state index contributed by atoms with van der Waals surface area (Å²) in [5, 5.41) is 6.15. The number of hydrogen-bond donors (Lipinski definition) is 1. The molecule has 3 rings (SSSR count). The predicted octanol–water partition coefficient (Wildman–Crippen LogP) is 6.20. The van der Waals surface area contributed by atoms with Gasteiger partial charge in [-0.05, 0) is 24.5 Å². The lowest BCUT2D eigenvalue weighted by atomic mass is 9.93. The molecule has 1 fully saturated rings. The van der Waals surface area contributed by atoms with Gasteiger partial charge in [0.2, 0.25) is 0 Å². The van der Waals surface area contributed by atoms with Gasteiger partial charge in [-0.25, -0.2) is 4.98 Å². The molecule has 2 aromatic rings. The molecule has 140 valence electrons. The number of amides is 1. The third-order valence-electron chi connectivity index (χ3n) is 4.65. The van der Waals surface area contributed by atoms with E-state index in [1.165, 1.54) is 37.0 Å². The van der Waals surface area contributed by atoms with Crippen molar-refractivity contribution in [3.63, 3.8) is 0 Å². The number of nitrogens with zero attached hydrogens (tertiary/aromatic N) is 1. The van der Waals surface area contributed by atoms with E-state index in [1.807, 2.05) is 5.38 Å². The molecule has 0 bridgehead atoms. The Bertz CT molecular complexity index is 716. The lowest BCUT2D eigenvalue weighted by Crippen LogP contribution is -2.35. The van der Waals surface area contributed by atoms with Gasteiger partial charge in [-0.2, -0.15) is 0 Å². The van der Waals surface area contributed by atoms with Crippen molar-refractivity contribution in [1.82, 2.24) is 4.98 Å². The molecule has 1 saturated carbocycles. The van der Waals surface area contributed by atoms with Crippen LogP contribution in [0.15, 0.2) is 29.8 Å². The van der Waals surface area contributed by atoms with Crippen molar-refractivity contribution < 1.29 is 9.53 Å². The standard InChI is InChI=1S/C19H22Cl2N2O2S/c20-15-8-7-14(12-16(15)21)25-17(11-13-5-3-1-2-4-6-13)18(24)23-19-22-9-10-26-19/h7-10,12-13,17H,1-6,11H2,(H,22,23,24). The van der Waals surface area contributed by atoms with Crippen LogP contribution in [-0.4, -0.2) is 17.0 Å². The van der Waals surface area contributed by atoms with Gasteiger partial charge >= 0.3 is 0 Å². The summed E-state index contributed by atoms with van der Waals surface area (Å²) in [7, 11) is 0. The first-order valence-electron chi connectivity index (χ1n) is 8.94. The van der Waals surface area contributed by atoms with E-state index in [4.69, 9.17) is 27.9 Å². The lowest BCUT2D eigenvalue weighted by Gasteiger charge is -2.23. The number of benzene rings is 1. The van der Waals surface area contributed by atoms with E-state index in [2.05, 4.69) is 10.3 Å². The molecule has 1 aromatic heterocycles. The van der Waals surface area contributed by atoms with E-state index in [0.717, 1.165) is 12.8 Å². The largest absolute Gasteiger partial charge is 0.481 e. The van der Waals surface area contributed by atoms with Crippen LogP contribution in [0.5, 0.6) is 5.75 Å². The molecule has 0 radical (unpaired) electrons. The quantitative estimate of drug-likeness (QED) is 0.574. The Kier molecular flexibility index (Phi) is 7.17. The second-order valence-electron chi connectivity index (χ2n) is 6.60. The van der Waals surface area contributed by atoms with Crippen LogP contribution in [0.2, 0.25) is 10.0 Å². The van der Waals surface area contributed by atoms with Gasteiger partial charge in [-0.3, -0.25) is 10.1 Å². The van der Waals surface area contributed by atoms with Gasteiger partial charge in [-0.1, -0.05) is 61.7 Å². The molecule has 1 unspecified atom stereocenters. The molecule has 1 N–H and O–H groups in total. The van der Waals surface area contributed by atoms with Gasteiger partial charge in [0.15, 0.2) is 11.2 Å². The van der Waals surface area contributed by atoms with Gasteiger partial charge < -0.3 is 4.74 Å². The molecule has 1 heterocycles. The zero-order valence-electron chi connectivity index (χ0n) is 14.4. The predicted molar refractivity (Wildman–Crippen MR) is 107 cm³/mol. The zero-order chi connectivity index (χ0) is 18.4. The second-order valence-corrected chi connectivity index (χ2v) is 8.31. The molecule has 0 spiro atoms. The fraction of sp³-hybridized carbons (Fsp3) is 0.474. The van der Waals surface area contributed by atoms with E-state index >= 15 is 0 Å². The molecule has 1 aromatic carbocycles. The molecule has 0 aliphatic heterocycles. The smallest absolute Gasteiger partial charge is 0.267 e. The number of nitrogens with one attached hydrogen (secondary N) is 1. The molecule has 4 nitrogen and oxygen atoms in total. The normalized spacial score (nSPS) is 16.7. The average Bonchev–Trinajstić information content (AvgIpc) is 2.99. The lowest BCUT2D eigenvalue weighted by molar-refractivity contribution is -0.123. The minimum atomic E-state index is -0.584. The number of hydrogen-bond acceptors (Lipinski definition) is 4. The Morgan fingerprint density at radius 3 is 2.65 bits per heavy atom. The maximum atomic E-state index is 12.8. The highest BCUT2D eigenvalue weighted by molar-refractivity contribution is 7.13. The van der Waals surface area contributed by atoms with Crippen LogP contribution >= 0.6 is 34.5 Å². The molecule has 26 heavy (non-hydrogen) atoms. The van der Waals surface area contributed by atoms with Crippen LogP contribution in [0, 0.1) is 5.92 Å². The molecular formula is C19H22Cl2N2O2S. The van der Waals surface area contributed by atoms with Crippen LogP contribution in [0.1, 0.15) is 44.9 Å². The van der Waals surface area contributed by atoms with Crippen LogP contribution in [0.3, 0.4) is 0 Å². The SMILES string of the molecule is O=C(Nc1nccs1)C(CC1CCCCCC1)Oc1ccc(Cl)c(Cl)c1. The summed E-state index contributed by atoms with van der Waals surface area (Å²) in [5.74, 6) is 0.870. The Labute approximate surface area is 167 Å². The Balaban J connectivity index is 1.72. The van der Waals surface area contributed by atoms with Crippen LogP contribution in [0.4, 0.5) is 5.13 Å². The van der Waals surface area contributed by atoms with Crippen LogP contribution in [-0.2, 0) is 4.79 Å². The molecule has 7 heteroatoms. The van der Waals surface area contributed by atoms with Gasteiger partial charge in [0.05, 0.1) is 10.0 Å². The average molecular weight is 413 g/mol. The molecular weight excluding hydrogens is 391 g/mol. The third kappa shape index (κ3) is 5.60.